The number of urea groups is 1. The number of nitrogens with zero attached hydrogens (tertiary/aromatic N) is 4. The van der Waals surface area contributed by atoms with Crippen LogP contribution in [0.4, 0.5) is 10.7 Å². The number of rotatable bonds is 7. The molecule has 0 radical (unpaired) electrons. The number of anilines is 1. The number of amides is 2. The summed E-state index contributed by atoms with van der Waals surface area (Å²) in [7, 11) is -2.14. The van der Waals surface area contributed by atoms with Crippen molar-refractivity contribution in [3.05, 3.63) is 30.0 Å². The number of ether oxygens (including phenoxy) is 2. The maximum Gasteiger partial charge on any atom is 0.336 e. The molecule has 11 nitrogen and oxygen atoms in total. The van der Waals surface area contributed by atoms with Gasteiger partial charge >= 0.3 is 6.03 Å². The largest absolute Gasteiger partial charge is 0.481 e. The Morgan fingerprint density at radius 1 is 1.33 bits per heavy atom. The molecule has 1 atom stereocenters. The highest BCUT2D eigenvalue weighted by Gasteiger charge is 2.36. The number of hydrogen-bond acceptors (Lipinski definition) is 9. The summed E-state index contributed by atoms with van der Waals surface area (Å²) in [6.07, 6.45) is -0.176. The minimum atomic E-state index is -4.70. The first kappa shape index (κ1) is 20.6. The number of halogens is 1. The maximum atomic E-state index is 13.1. The quantitative estimate of drug-likeness (QED) is 0.609. The Bertz CT molecular complexity index is 919. The molecule has 3 N–H and O–H groups in total. The number of methoxy groups -OCH3 is 2. The summed E-state index contributed by atoms with van der Waals surface area (Å²) in [5, 5.41) is 9.36. The molecule has 0 aliphatic rings. The summed E-state index contributed by atoms with van der Waals surface area (Å²) in [5.74, 6) is -1.05. The van der Waals surface area contributed by atoms with Gasteiger partial charge in [0, 0.05) is 11.8 Å². The molecule has 2 aromatic rings. The van der Waals surface area contributed by atoms with Crippen molar-refractivity contribution < 1.29 is 27.8 Å². The van der Waals surface area contributed by atoms with Crippen molar-refractivity contribution in [2.75, 3.05) is 24.4 Å². The Morgan fingerprint density at radius 3 is 2.41 bits per heavy atom. The average Bonchev–Trinajstić information content (AvgIpc) is 2.66. The summed E-state index contributed by atoms with van der Waals surface area (Å²) >= 11 is 5.61. The van der Waals surface area contributed by atoms with Crippen LogP contribution in [0.15, 0.2) is 29.4 Å². The van der Waals surface area contributed by atoms with E-state index in [1.165, 1.54) is 38.6 Å². The number of primary amides is 1. The molecule has 146 valence electrons. The minimum absolute atomic E-state index is 0.0691. The minimum Gasteiger partial charge on any atom is -0.481 e. The molecule has 0 saturated carbocycles. The summed E-state index contributed by atoms with van der Waals surface area (Å²) in [5.41, 5.74) is 5.15. The fraction of sp³-hybridized carbons (Fsp3) is 0.286. The molecule has 0 aromatic carbocycles. The van der Waals surface area contributed by atoms with Crippen LogP contribution >= 0.6 is 11.6 Å². The van der Waals surface area contributed by atoms with Gasteiger partial charge in [0.25, 0.3) is 16.0 Å². The van der Waals surface area contributed by atoms with E-state index in [4.69, 9.17) is 26.8 Å². The highest BCUT2D eigenvalue weighted by molar-refractivity contribution is 7.93. The number of carbonyl (C=O) groups is 1. The fourth-order valence-corrected chi connectivity index (χ4v) is 3.63. The number of pyridine rings is 1. The zero-order chi connectivity index (χ0) is 20.2. The second-order valence-electron chi connectivity index (χ2n) is 4.93. The van der Waals surface area contributed by atoms with Gasteiger partial charge in [0.15, 0.2) is 5.03 Å². The van der Waals surface area contributed by atoms with Crippen molar-refractivity contribution in [3.8, 4) is 11.8 Å². The third-order valence-corrected chi connectivity index (χ3v) is 5.20. The van der Waals surface area contributed by atoms with E-state index in [1.807, 2.05) is 0 Å². The van der Waals surface area contributed by atoms with Gasteiger partial charge < -0.3 is 20.3 Å². The Morgan fingerprint density at radius 2 is 1.93 bits per heavy atom. The van der Waals surface area contributed by atoms with Crippen LogP contribution in [0, 0.1) is 0 Å². The highest BCUT2D eigenvalue weighted by atomic mass is 35.5. The van der Waals surface area contributed by atoms with Crippen LogP contribution in [0.5, 0.6) is 11.8 Å². The topological polar surface area (TPSA) is 158 Å². The van der Waals surface area contributed by atoms with E-state index in [9.17, 15) is 18.3 Å². The lowest BCUT2D eigenvalue weighted by molar-refractivity contribution is 0.198. The first-order chi connectivity index (χ1) is 12.8. The van der Waals surface area contributed by atoms with Crippen molar-refractivity contribution in [2.45, 2.75) is 11.1 Å². The molecule has 2 aromatic heterocycles. The van der Waals surface area contributed by atoms with Crippen LogP contribution in [0.25, 0.3) is 0 Å². The summed E-state index contributed by atoms with van der Waals surface area (Å²) < 4.78 is 36.1. The van der Waals surface area contributed by atoms with Crippen molar-refractivity contribution in [2.24, 2.45) is 5.73 Å². The van der Waals surface area contributed by atoms with Crippen molar-refractivity contribution in [1.29, 1.82) is 0 Å². The molecule has 0 aliphatic carbocycles. The van der Waals surface area contributed by atoms with Crippen LogP contribution in [0.1, 0.15) is 11.7 Å². The van der Waals surface area contributed by atoms with Crippen LogP contribution in [-0.2, 0) is 10.0 Å². The van der Waals surface area contributed by atoms with Gasteiger partial charge in [0.05, 0.1) is 32.3 Å². The molecule has 0 fully saturated rings. The highest BCUT2D eigenvalue weighted by Crippen LogP contribution is 2.28. The van der Waals surface area contributed by atoms with Gasteiger partial charge in [-0.05, 0) is 6.07 Å². The number of aliphatic hydroxyl groups is 1. The Balaban J connectivity index is 2.70. The van der Waals surface area contributed by atoms with Gasteiger partial charge in [0.2, 0.25) is 11.8 Å². The normalized spacial score (nSPS) is 12.3. The number of hydrogen-bond donors (Lipinski definition) is 2. The lowest BCUT2D eigenvalue weighted by Crippen LogP contribution is -2.42. The summed E-state index contributed by atoms with van der Waals surface area (Å²) in [4.78, 5) is 23.4. The van der Waals surface area contributed by atoms with E-state index < -0.39 is 33.1 Å². The summed E-state index contributed by atoms with van der Waals surface area (Å²) in [6, 6.07) is 2.59. The molecule has 0 spiro atoms. The first-order valence-electron chi connectivity index (χ1n) is 7.27. The fourth-order valence-electron chi connectivity index (χ4n) is 2.06. The number of aromatic nitrogens is 3. The van der Waals surface area contributed by atoms with E-state index >= 15 is 0 Å². The zero-order valence-corrected chi connectivity index (χ0v) is 15.8. The van der Waals surface area contributed by atoms with Crippen molar-refractivity contribution in [1.82, 2.24) is 15.0 Å². The maximum absolute atomic E-state index is 13.1. The third kappa shape index (κ3) is 4.18. The van der Waals surface area contributed by atoms with E-state index in [0.29, 0.717) is 0 Å². The Labute approximate surface area is 159 Å². The van der Waals surface area contributed by atoms with Crippen LogP contribution < -0.4 is 19.5 Å². The zero-order valence-electron chi connectivity index (χ0n) is 14.2. The number of sulfonamides is 1. The second-order valence-corrected chi connectivity index (χ2v) is 6.94. The lowest BCUT2D eigenvalue weighted by atomic mass is 10.2. The van der Waals surface area contributed by atoms with Crippen molar-refractivity contribution in [3.63, 3.8) is 0 Å². The number of aliphatic hydroxyl groups excluding tert-OH is 1. The smallest absolute Gasteiger partial charge is 0.336 e. The molecule has 0 bridgehead atoms. The van der Waals surface area contributed by atoms with Gasteiger partial charge in [-0.25, -0.2) is 9.78 Å². The molecule has 2 heterocycles. The summed E-state index contributed by atoms with van der Waals surface area (Å²) in [6.45, 7) is 0. The monoisotopic (exact) mass is 417 g/mol. The standard InChI is InChI=1S/C14H16ClN5O6S/c1-25-10-6-11(26-2)19-14(18-10)20(13(16)22)27(23,24)12-8(9(21)7-15)4-3-5-17-12/h3-6,9,21H,7H2,1-2H3,(H2,16,22). The molecule has 0 saturated heterocycles. The Kier molecular flexibility index (Phi) is 6.36. The predicted molar refractivity (Wildman–Crippen MR) is 94.3 cm³/mol. The SMILES string of the molecule is COc1cc(OC)nc(N(C(N)=O)S(=O)(=O)c2ncccc2C(O)CCl)n1. The van der Waals surface area contributed by atoms with E-state index in [1.54, 1.807) is 0 Å². The second kappa shape index (κ2) is 8.33. The lowest BCUT2D eigenvalue weighted by Gasteiger charge is -2.21. The molecular weight excluding hydrogens is 402 g/mol. The first-order valence-corrected chi connectivity index (χ1v) is 9.24. The van der Waals surface area contributed by atoms with Crippen LogP contribution in [0.2, 0.25) is 0 Å². The number of carbonyl (C=O) groups excluding carboxylic acids is 1. The van der Waals surface area contributed by atoms with Gasteiger partial charge in [-0.1, -0.05) is 6.07 Å². The number of alkyl halides is 1. The number of nitrogens with two attached hydrogens (primary N) is 1. The van der Waals surface area contributed by atoms with Gasteiger partial charge in [-0.15, -0.1) is 15.9 Å². The molecule has 2 amide bonds. The van der Waals surface area contributed by atoms with Crippen LogP contribution in [0.3, 0.4) is 0 Å². The molecular formula is C14H16ClN5O6S. The predicted octanol–water partition coefficient (Wildman–Crippen LogP) is 0.435. The van der Waals surface area contributed by atoms with E-state index in [-0.39, 0.29) is 27.5 Å². The van der Waals surface area contributed by atoms with Crippen LogP contribution in [-0.4, -0.2) is 54.6 Å². The average molecular weight is 418 g/mol. The van der Waals surface area contributed by atoms with Gasteiger partial charge in [0.1, 0.15) is 0 Å². The van der Waals surface area contributed by atoms with Gasteiger partial charge in [-0.3, -0.25) is 0 Å². The molecule has 1 unspecified atom stereocenters. The Hall–Kier alpha value is -2.70. The molecule has 2 rings (SSSR count). The van der Waals surface area contributed by atoms with E-state index in [2.05, 4.69) is 15.0 Å². The van der Waals surface area contributed by atoms with E-state index in [0.717, 1.165) is 0 Å². The third-order valence-electron chi connectivity index (χ3n) is 3.26. The molecule has 13 heteroatoms. The van der Waals surface area contributed by atoms with Crippen molar-refractivity contribution >= 4 is 33.6 Å². The molecule has 0 aliphatic heterocycles. The molecule has 27 heavy (non-hydrogen) atoms. The van der Waals surface area contributed by atoms with Gasteiger partial charge in [-0.2, -0.15) is 18.4 Å².